The lowest BCUT2D eigenvalue weighted by atomic mass is 9.90. The van der Waals surface area contributed by atoms with Crippen molar-refractivity contribution in [3.8, 4) is 0 Å². The standard InChI is InChI=1S/C16H27NO/c1-4-17-16(15-11-6-5-7-12-15)14(2)10-8-9-13-18-3/h5-7,11-12,14,16-17H,4,8-10,13H2,1-3H3. The SMILES string of the molecule is CCNC(c1ccccc1)C(C)CCCCOC. The molecule has 0 aromatic heterocycles. The molecule has 18 heavy (non-hydrogen) atoms. The van der Waals surface area contributed by atoms with Gasteiger partial charge in [-0.15, -0.1) is 0 Å². The lowest BCUT2D eigenvalue weighted by Crippen LogP contribution is -2.26. The van der Waals surface area contributed by atoms with Crippen LogP contribution < -0.4 is 5.32 Å². The first-order valence-corrected chi connectivity index (χ1v) is 7.06. The van der Waals surface area contributed by atoms with Crippen molar-refractivity contribution in [1.82, 2.24) is 5.32 Å². The molecule has 0 spiro atoms. The highest BCUT2D eigenvalue weighted by molar-refractivity contribution is 5.19. The molecule has 0 bridgehead atoms. The molecule has 0 amide bonds. The number of unbranched alkanes of at least 4 members (excludes halogenated alkanes) is 1. The number of hydrogen-bond acceptors (Lipinski definition) is 2. The van der Waals surface area contributed by atoms with Crippen LogP contribution in [0.3, 0.4) is 0 Å². The second-order valence-electron chi connectivity index (χ2n) is 4.91. The van der Waals surface area contributed by atoms with E-state index in [-0.39, 0.29) is 0 Å². The van der Waals surface area contributed by atoms with E-state index in [1.165, 1.54) is 18.4 Å². The maximum absolute atomic E-state index is 5.10. The van der Waals surface area contributed by atoms with Crippen LogP contribution in [-0.4, -0.2) is 20.3 Å². The van der Waals surface area contributed by atoms with Crippen LogP contribution in [0.4, 0.5) is 0 Å². The van der Waals surface area contributed by atoms with E-state index in [1.807, 2.05) is 0 Å². The fraction of sp³-hybridized carbons (Fsp3) is 0.625. The highest BCUT2D eigenvalue weighted by atomic mass is 16.5. The number of hydrogen-bond donors (Lipinski definition) is 1. The Morgan fingerprint density at radius 2 is 1.89 bits per heavy atom. The van der Waals surface area contributed by atoms with Gasteiger partial charge >= 0.3 is 0 Å². The molecule has 0 radical (unpaired) electrons. The molecule has 0 saturated carbocycles. The Kier molecular flexibility index (Phi) is 7.70. The summed E-state index contributed by atoms with van der Waals surface area (Å²) in [6, 6.07) is 11.2. The first kappa shape index (κ1) is 15.2. The molecule has 102 valence electrons. The molecule has 1 rings (SSSR count). The van der Waals surface area contributed by atoms with Gasteiger partial charge in [-0.25, -0.2) is 0 Å². The fourth-order valence-corrected chi connectivity index (χ4v) is 2.41. The summed E-state index contributed by atoms with van der Waals surface area (Å²) in [6.07, 6.45) is 3.65. The van der Waals surface area contributed by atoms with Crippen LogP contribution >= 0.6 is 0 Å². The summed E-state index contributed by atoms with van der Waals surface area (Å²) in [5.41, 5.74) is 1.40. The van der Waals surface area contributed by atoms with E-state index in [0.717, 1.165) is 19.6 Å². The number of rotatable bonds is 9. The van der Waals surface area contributed by atoms with E-state index in [9.17, 15) is 0 Å². The van der Waals surface area contributed by atoms with Crippen LogP contribution in [0.1, 0.15) is 44.7 Å². The van der Waals surface area contributed by atoms with Crippen molar-refractivity contribution in [3.05, 3.63) is 35.9 Å². The van der Waals surface area contributed by atoms with Crippen molar-refractivity contribution in [1.29, 1.82) is 0 Å². The number of methoxy groups -OCH3 is 1. The van der Waals surface area contributed by atoms with Crippen LogP contribution in [0.15, 0.2) is 30.3 Å². The van der Waals surface area contributed by atoms with E-state index < -0.39 is 0 Å². The van der Waals surface area contributed by atoms with Crippen LogP contribution in [-0.2, 0) is 4.74 Å². The maximum Gasteiger partial charge on any atom is 0.0462 e. The third kappa shape index (κ3) is 5.19. The van der Waals surface area contributed by atoms with E-state index in [1.54, 1.807) is 7.11 Å². The Bertz CT molecular complexity index is 299. The van der Waals surface area contributed by atoms with E-state index in [2.05, 4.69) is 49.5 Å². The van der Waals surface area contributed by atoms with Crippen molar-refractivity contribution in [2.75, 3.05) is 20.3 Å². The summed E-state index contributed by atoms with van der Waals surface area (Å²) in [6.45, 7) is 6.41. The van der Waals surface area contributed by atoms with Gasteiger partial charge in [-0.1, -0.05) is 50.6 Å². The molecule has 2 heteroatoms. The molecule has 1 aromatic rings. The van der Waals surface area contributed by atoms with Crippen molar-refractivity contribution in [2.45, 2.75) is 39.2 Å². The lowest BCUT2D eigenvalue weighted by Gasteiger charge is -2.25. The highest BCUT2D eigenvalue weighted by Gasteiger charge is 2.17. The third-order valence-corrected chi connectivity index (χ3v) is 3.41. The van der Waals surface area contributed by atoms with Crippen molar-refractivity contribution in [3.63, 3.8) is 0 Å². The van der Waals surface area contributed by atoms with Crippen molar-refractivity contribution < 1.29 is 4.74 Å². The second kappa shape index (κ2) is 9.12. The highest BCUT2D eigenvalue weighted by Crippen LogP contribution is 2.25. The quantitative estimate of drug-likeness (QED) is 0.672. The van der Waals surface area contributed by atoms with Crippen molar-refractivity contribution in [2.24, 2.45) is 5.92 Å². The Balaban J connectivity index is 2.50. The molecule has 2 unspecified atom stereocenters. The molecule has 0 aliphatic rings. The van der Waals surface area contributed by atoms with Gasteiger partial charge in [-0.3, -0.25) is 0 Å². The Labute approximate surface area is 112 Å². The summed E-state index contributed by atoms with van der Waals surface area (Å²) in [4.78, 5) is 0. The molecule has 2 nitrogen and oxygen atoms in total. The van der Waals surface area contributed by atoms with E-state index >= 15 is 0 Å². The Morgan fingerprint density at radius 1 is 1.17 bits per heavy atom. The number of benzene rings is 1. The first-order valence-electron chi connectivity index (χ1n) is 7.06. The predicted molar refractivity (Wildman–Crippen MR) is 77.8 cm³/mol. The third-order valence-electron chi connectivity index (χ3n) is 3.41. The topological polar surface area (TPSA) is 21.3 Å². The zero-order chi connectivity index (χ0) is 13.2. The summed E-state index contributed by atoms with van der Waals surface area (Å²) < 4.78 is 5.10. The first-order chi connectivity index (χ1) is 8.79. The molecule has 0 aliphatic carbocycles. The normalized spacial score (nSPS) is 14.4. The number of nitrogens with one attached hydrogen (secondary N) is 1. The van der Waals surface area contributed by atoms with Crippen LogP contribution in [0, 0.1) is 5.92 Å². The van der Waals surface area contributed by atoms with Gasteiger partial charge < -0.3 is 10.1 Å². The van der Waals surface area contributed by atoms with Gasteiger partial charge in [0.2, 0.25) is 0 Å². The minimum atomic E-state index is 0.471. The van der Waals surface area contributed by atoms with Crippen LogP contribution in [0.2, 0.25) is 0 Å². The molecule has 1 aromatic carbocycles. The van der Waals surface area contributed by atoms with E-state index in [4.69, 9.17) is 4.74 Å². The van der Waals surface area contributed by atoms with Gasteiger partial charge in [0, 0.05) is 19.8 Å². The molecule has 0 fully saturated rings. The number of ether oxygens (including phenoxy) is 1. The molecule has 0 aliphatic heterocycles. The average molecular weight is 249 g/mol. The van der Waals surface area contributed by atoms with Gasteiger partial charge in [0.05, 0.1) is 0 Å². The van der Waals surface area contributed by atoms with Gasteiger partial charge in [0.25, 0.3) is 0 Å². The molecule has 2 atom stereocenters. The average Bonchev–Trinajstić information content (AvgIpc) is 2.41. The van der Waals surface area contributed by atoms with E-state index in [0.29, 0.717) is 12.0 Å². The maximum atomic E-state index is 5.10. The summed E-state index contributed by atoms with van der Waals surface area (Å²) >= 11 is 0. The van der Waals surface area contributed by atoms with Gasteiger partial charge in [0.1, 0.15) is 0 Å². The molecule has 1 N–H and O–H groups in total. The predicted octanol–water partition coefficient (Wildman–Crippen LogP) is 3.79. The largest absolute Gasteiger partial charge is 0.385 e. The zero-order valence-electron chi connectivity index (χ0n) is 12.0. The van der Waals surface area contributed by atoms with Gasteiger partial charge in [-0.2, -0.15) is 0 Å². The molecule has 0 heterocycles. The lowest BCUT2D eigenvalue weighted by molar-refractivity contribution is 0.189. The summed E-state index contributed by atoms with van der Waals surface area (Å²) in [5.74, 6) is 0.657. The minimum absolute atomic E-state index is 0.471. The molecule has 0 saturated heterocycles. The Hall–Kier alpha value is -0.860. The summed E-state index contributed by atoms with van der Waals surface area (Å²) in [5, 5.41) is 3.61. The van der Waals surface area contributed by atoms with Crippen LogP contribution in [0.25, 0.3) is 0 Å². The Morgan fingerprint density at radius 3 is 2.50 bits per heavy atom. The van der Waals surface area contributed by atoms with Crippen LogP contribution in [0.5, 0.6) is 0 Å². The fourth-order valence-electron chi connectivity index (χ4n) is 2.41. The second-order valence-corrected chi connectivity index (χ2v) is 4.91. The summed E-state index contributed by atoms with van der Waals surface area (Å²) in [7, 11) is 1.77. The van der Waals surface area contributed by atoms with Gasteiger partial charge in [-0.05, 0) is 30.9 Å². The zero-order valence-corrected chi connectivity index (χ0v) is 12.0. The van der Waals surface area contributed by atoms with Crippen molar-refractivity contribution >= 4 is 0 Å². The smallest absolute Gasteiger partial charge is 0.0462 e. The monoisotopic (exact) mass is 249 g/mol. The minimum Gasteiger partial charge on any atom is -0.385 e. The van der Waals surface area contributed by atoms with Gasteiger partial charge in [0.15, 0.2) is 0 Å². The molecular formula is C16H27NO. The molecular weight excluding hydrogens is 222 g/mol.